The zero-order valence-corrected chi connectivity index (χ0v) is 12.7. The Morgan fingerprint density at radius 2 is 1.84 bits per heavy atom. The minimum Gasteiger partial charge on any atom is -0.451 e. The van der Waals surface area contributed by atoms with Crippen LogP contribution < -0.4 is 10.3 Å². The van der Waals surface area contributed by atoms with Crippen LogP contribution in [0.15, 0.2) is 33.7 Å². The highest BCUT2D eigenvalue weighted by atomic mass is 79.9. The third-order valence-corrected chi connectivity index (χ3v) is 3.50. The summed E-state index contributed by atoms with van der Waals surface area (Å²) in [7, 11) is 1.58. The summed E-state index contributed by atoms with van der Waals surface area (Å²) in [4.78, 5) is 11.4. The van der Waals surface area contributed by atoms with Crippen LogP contribution in [-0.2, 0) is 7.05 Å². The molecule has 0 bridgehead atoms. The summed E-state index contributed by atoms with van der Waals surface area (Å²) in [6.45, 7) is 0. The number of aryl methyl sites for hydroxylation is 1. The van der Waals surface area contributed by atoms with Crippen LogP contribution in [0.1, 0.15) is 0 Å². The van der Waals surface area contributed by atoms with E-state index >= 15 is 0 Å². The maximum Gasteiger partial charge on any atom is 0.251 e. The predicted molar refractivity (Wildman–Crippen MR) is 75.9 cm³/mol. The van der Waals surface area contributed by atoms with Crippen molar-refractivity contribution in [2.24, 2.45) is 7.05 Å². The van der Waals surface area contributed by atoms with E-state index in [2.05, 4.69) is 15.9 Å². The topological polar surface area (TPSA) is 31.2 Å². The number of pyridine rings is 1. The molecule has 0 aliphatic rings. The zero-order valence-electron chi connectivity index (χ0n) is 9.58. The van der Waals surface area contributed by atoms with E-state index in [0.29, 0.717) is 10.2 Å². The molecular weight excluding hydrogens is 360 g/mol. The third kappa shape index (κ3) is 3.11. The molecule has 7 heteroatoms. The number of ether oxygens (including phenoxy) is 1. The van der Waals surface area contributed by atoms with E-state index in [4.69, 9.17) is 27.9 Å². The van der Waals surface area contributed by atoms with Gasteiger partial charge in [-0.2, -0.15) is 0 Å². The first kappa shape index (κ1) is 14.4. The summed E-state index contributed by atoms with van der Waals surface area (Å²) in [5.74, 6) is -0.0801. The zero-order chi connectivity index (χ0) is 14.2. The van der Waals surface area contributed by atoms with E-state index in [1.54, 1.807) is 7.05 Å². The Bertz CT molecular complexity index is 680. The molecule has 0 aliphatic heterocycles. The number of hydrogen-bond acceptors (Lipinski definition) is 2. The van der Waals surface area contributed by atoms with Crippen molar-refractivity contribution in [3.8, 4) is 11.5 Å². The van der Waals surface area contributed by atoms with Gasteiger partial charge in [-0.15, -0.1) is 0 Å². The highest BCUT2D eigenvalue weighted by Crippen LogP contribution is 2.38. The van der Waals surface area contributed by atoms with Gasteiger partial charge in [0.15, 0.2) is 11.5 Å². The van der Waals surface area contributed by atoms with Crippen LogP contribution in [0.5, 0.6) is 11.5 Å². The van der Waals surface area contributed by atoms with Gasteiger partial charge in [0.05, 0.1) is 20.7 Å². The molecular formula is C12H7BrCl2FNO2. The summed E-state index contributed by atoms with van der Waals surface area (Å²) in [5, 5.41) is 0.0940. The van der Waals surface area contributed by atoms with Crippen LogP contribution in [-0.4, -0.2) is 4.57 Å². The van der Waals surface area contributed by atoms with Crippen molar-refractivity contribution < 1.29 is 9.13 Å². The lowest BCUT2D eigenvalue weighted by atomic mass is 10.3. The van der Waals surface area contributed by atoms with Crippen molar-refractivity contribution >= 4 is 39.1 Å². The van der Waals surface area contributed by atoms with E-state index < -0.39 is 5.82 Å². The van der Waals surface area contributed by atoms with Gasteiger partial charge in [-0.3, -0.25) is 4.79 Å². The van der Waals surface area contributed by atoms with E-state index in [9.17, 15) is 9.18 Å². The van der Waals surface area contributed by atoms with Gasteiger partial charge in [-0.25, -0.2) is 4.39 Å². The lowest BCUT2D eigenvalue weighted by molar-refractivity contribution is 0.471. The summed E-state index contributed by atoms with van der Waals surface area (Å²) in [6, 6.07) is 3.54. The first-order valence-electron chi connectivity index (χ1n) is 5.07. The Balaban J connectivity index is 2.48. The predicted octanol–water partition coefficient (Wildman–Crippen LogP) is 4.39. The second kappa shape index (κ2) is 5.53. The number of rotatable bonds is 2. The normalized spacial score (nSPS) is 10.6. The third-order valence-electron chi connectivity index (χ3n) is 2.32. The van der Waals surface area contributed by atoms with Crippen LogP contribution in [0.2, 0.25) is 10.0 Å². The van der Waals surface area contributed by atoms with Crippen molar-refractivity contribution in [2.45, 2.75) is 0 Å². The smallest absolute Gasteiger partial charge is 0.251 e. The number of hydrogen-bond donors (Lipinski definition) is 0. The standard InChI is InChI=1S/C12H7BrCl2FNO2/c1-17-5-10(7(13)4-11(17)18)19-12-8(14)2-6(16)3-9(12)15/h2-5H,1H3. The molecule has 0 radical (unpaired) electrons. The minimum atomic E-state index is -0.554. The fourth-order valence-corrected chi connectivity index (χ4v) is 2.31. The lowest BCUT2D eigenvalue weighted by Crippen LogP contribution is -2.14. The van der Waals surface area contributed by atoms with Crippen LogP contribution in [0.4, 0.5) is 4.39 Å². The van der Waals surface area contributed by atoms with Crippen molar-refractivity contribution in [3.63, 3.8) is 0 Å². The molecule has 0 unspecified atom stereocenters. The largest absolute Gasteiger partial charge is 0.451 e. The van der Waals surface area contributed by atoms with E-state index in [0.717, 1.165) is 12.1 Å². The lowest BCUT2D eigenvalue weighted by Gasteiger charge is -2.11. The second-order valence-corrected chi connectivity index (χ2v) is 5.40. The van der Waals surface area contributed by atoms with Gasteiger partial charge in [0.2, 0.25) is 0 Å². The van der Waals surface area contributed by atoms with Gasteiger partial charge < -0.3 is 9.30 Å². The van der Waals surface area contributed by atoms with E-state index in [-0.39, 0.29) is 21.4 Å². The second-order valence-electron chi connectivity index (χ2n) is 3.74. The average molecular weight is 367 g/mol. The molecule has 1 aromatic heterocycles. The van der Waals surface area contributed by atoms with Gasteiger partial charge in [-0.1, -0.05) is 23.2 Å². The monoisotopic (exact) mass is 365 g/mol. The molecule has 1 aromatic carbocycles. The molecule has 2 rings (SSSR count). The van der Waals surface area contributed by atoms with E-state index in [1.807, 2.05) is 0 Å². The van der Waals surface area contributed by atoms with E-state index in [1.165, 1.54) is 16.8 Å². The van der Waals surface area contributed by atoms with Crippen molar-refractivity contribution in [1.29, 1.82) is 0 Å². The molecule has 1 heterocycles. The van der Waals surface area contributed by atoms with Gasteiger partial charge in [0.1, 0.15) is 5.82 Å². The molecule has 0 spiro atoms. The van der Waals surface area contributed by atoms with Gasteiger partial charge in [0.25, 0.3) is 5.56 Å². The SMILES string of the molecule is Cn1cc(Oc2c(Cl)cc(F)cc2Cl)c(Br)cc1=O. The van der Waals surface area contributed by atoms with Gasteiger partial charge in [-0.05, 0) is 28.1 Å². The Labute approximate surface area is 126 Å². The van der Waals surface area contributed by atoms with Crippen LogP contribution in [0, 0.1) is 5.82 Å². The number of halogens is 4. The Morgan fingerprint density at radius 3 is 2.42 bits per heavy atom. The molecule has 0 saturated carbocycles. The molecule has 2 aromatic rings. The molecule has 0 amide bonds. The maximum atomic E-state index is 13.1. The first-order chi connectivity index (χ1) is 8.88. The Morgan fingerprint density at radius 1 is 1.26 bits per heavy atom. The quantitative estimate of drug-likeness (QED) is 0.789. The fraction of sp³-hybridized carbons (Fsp3) is 0.0833. The fourth-order valence-electron chi connectivity index (χ4n) is 1.39. The molecule has 0 fully saturated rings. The van der Waals surface area contributed by atoms with Crippen molar-refractivity contribution in [2.75, 3.05) is 0 Å². The van der Waals surface area contributed by atoms with Crippen molar-refractivity contribution in [3.05, 3.63) is 55.1 Å². The summed E-state index contributed by atoms with van der Waals surface area (Å²) < 4.78 is 20.4. The van der Waals surface area contributed by atoms with Crippen molar-refractivity contribution in [1.82, 2.24) is 4.57 Å². The number of aromatic nitrogens is 1. The molecule has 0 atom stereocenters. The molecule has 3 nitrogen and oxygen atoms in total. The van der Waals surface area contributed by atoms with Crippen LogP contribution in [0.3, 0.4) is 0 Å². The minimum absolute atomic E-state index is 0.0470. The maximum absolute atomic E-state index is 13.1. The highest BCUT2D eigenvalue weighted by Gasteiger charge is 2.13. The average Bonchev–Trinajstić information content (AvgIpc) is 2.29. The van der Waals surface area contributed by atoms with Gasteiger partial charge >= 0.3 is 0 Å². The highest BCUT2D eigenvalue weighted by molar-refractivity contribution is 9.10. The summed E-state index contributed by atoms with van der Waals surface area (Å²) >= 11 is 15.0. The number of benzene rings is 1. The Kier molecular flexibility index (Phi) is 4.18. The van der Waals surface area contributed by atoms with Crippen LogP contribution in [0.25, 0.3) is 0 Å². The first-order valence-corrected chi connectivity index (χ1v) is 6.62. The summed E-state index contributed by atoms with van der Waals surface area (Å²) in [6.07, 6.45) is 1.47. The Hall–Kier alpha value is -1.04. The molecule has 0 aliphatic carbocycles. The number of nitrogens with zero attached hydrogens (tertiary/aromatic N) is 1. The van der Waals surface area contributed by atoms with Gasteiger partial charge in [0, 0.05) is 13.1 Å². The van der Waals surface area contributed by atoms with Crippen LogP contribution >= 0.6 is 39.1 Å². The molecule has 0 saturated heterocycles. The molecule has 0 N–H and O–H groups in total. The summed E-state index contributed by atoms with van der Waals surface area (Å²) in [5.41, 5.74) is -0.199. The molecule has 19 heavy (non-hydrogen) atoms. The molecule has 100 valence electrons.